The molecule has 0 atom stereocenters. The van der Waals surface area contributed by atoms with Gasteiger partial charge in [-0.2, -0.15) is 0 Å². The van der Waals surface area contributed by atoms with E-state index in [1.54, 1.807) is 42.5 Å². The summed E-state index contributed by atoms with van der Waals surface area (Å²) in [6.45, 7) is 1.39. The lowest BCUT2D eigenvalue weighted by Gasteiger charge is -2.17. The number of carbonyl (C=O) groups excluding carboxylic acids is 4. The highest BCUT2D eigenvalue weighted by molar-refractivity contribution is 6.17. The lowest BCUT2D eigenvalue weighted by molar-refractivity contribution is -0.131. The minimum atomic E-state index is -1.20. The highest BCUT2D eigenvalue weighted by Gasteiger charge is 2.56. The van der Waals surface area contributed by atoms with Gasteiger partial charge in [0.2, 0.25) is 17.7 Å². The van der Waals surface area contributed by atoms with Gasteiger partial charge in [-0.15, -0.1) is 0 Å². The van der Waals surface area contributed by atoms with E-state index in [1.165, 1.54) is 20.1 Å². The largest absolute Gasteiger partial charge is 0.465 e. The van der Waals surface area contributed by atoms with Crippen molar-refractivity contribution >= 4 is 40.8 Å². The fourth-order valence-corrected chi connectivity index (χ4v) is 2.93. The first-order valence-electron chi connectivity index (χ1n) is 9.03. The summed E-state index contributed by atoms with van der Waals surface area (Å²) in [5, 5.41) is 8.04. The molecule has 0 saturated heterocycles. The first-order valence-corrected chi connectivity index (χ1v) is 9.03. The number of esters is 1. The third-order valence-corrected chi connectivity index (χ3v) is 4.64. The Morgan fingerprint density at radius 1 is 0.862 bits per heavy atom. The lowest BCUT2D eigenvalue weighted by Crippen LogP contribution is -2.36. The molecule has 3 amide bonds. The van der Waals surface area contributed by atoms with Crippen molar-refractivity contribution < 1.29 is 23.9 Å². The Morgan fingerprint density at radius 3 is 2.10 bits per heavy atom. The smallest absolute Gasteiger partial charge is 0.339 e. The molecule has 0 unspecified atom stereocenters. The van der Waals surface area contributed by atoms with E-state index in [9.17, 15) is 19.2 Å². The van der Waals surface area contributed by atoms with Crippen LogP contribution in [0.25, 0.3) is 0 Å². The molecule has 3 rings (SSSR count). The quantitative estimate of drug-likeness (QED) is 0.514. The molecular formula is C21H21N3O5. The topological polar surface area (TPSA) is 114 Å². The number of anilines is 3. The monoisotopic (exact) mass is 395 g/mol. The molecule has 0 heterocycles. The summed E-state index contributed by atoms with van der Waals surface area (Å²) < 4.78 is 4.73. The second kappa shape index (κ2) is 8.14. The van der Waals surface area contributed by atoms with E-state index in [0.29, 0.717) is 24.2 Å². The molecule has 0 aliphatic heterocycles. The van der Waals surface area contributed by atoms with Gasteiger partial charge in [-0.3, -0.25) is 14.4 Å². The van der Waals surface area contributed by atoms with Crippen molar-refractivity contribution in [1.29, 1.82) is 0 Å². The molecule has 8 heteroatoms. The summed E-state index contributed by atoms with van der Waals surface area (Å²) in [5.74, 6) is -1.73. The average Bonchev–Trinajstić information content (AvgIpc) is 3.50. The van der Waals surface area contributed by atoms with Crippen LogP contribution in [0.2, 0.25) is 0 Å². The molecule has 0 aromatic heterocycles. The number of ether oxygens (including phenoxy) is 1. The Labute approximate surface area is 167 Å². The molecule has 0 bridgehead atoms. The van der Waals surface area contributed by atoms with Gasteiger partial charge < -0.3 is 20.7 Å². The first kappa shape index (κ1) is 20.1. The number of hydrogen-bond donors (Lipinski definition) is 3. The molecule has 1 saturated carbocycles. The van der Waals surface area contributed by atoms with Crippen LogP contribution in [0.5, 0.6) is 0 Å². The fourth-order valence-electron chi connectivity index (χ4n) is 2.93. The van der Waals surface area contributed by atoms with Gasteiger partial charge in [0, 0.05) is 18.3 Å². The van der Waals surface area contributed by atoms with Crippen LogP contribution in [0.3, 0.4) is 0 Å². The molecule has 3 N–H and O–H groups in total. The zero-order valence-electron chi connectivity index (χ0n) is 16.1. The Morgan fingerprint density at radius 2 is 1.48 bits per heavy atom. The van der Waals surface area contributed by atoms with E-state index in [1.807, 2.05) is 0 Å². The number of carbonyl (C=O) groups is 4. The van der Waals surface area contributed by atoms with Crippen LogP contribution >= 0.6 is 0 Å². The molecule has 0 radical (unpaired) electrons. The van der Waals surface area contributed by atoms with Crippen LogP contribution < -0.4 is 16.0 Å². The summed E-state index contributed by atoms with van der Waals surface area (Å²) in [6, 6.07) is 13.1. The number of methoxy groups -OCH3 is 1. The van der Waals surface area contributed by atoms with Gasteiger partial charge in [-0.05, 0) is 43.2 Å². The van der Waals surface area contributed by atoms with Gasteiger partial charge in [0.15, 0.2) is 0 Å². The van der Waals surface area contributed by atoms with E-state index in [2.05, 4.69) is 16.0 Å². The maximum atomic E-state index is 12.8. The van der Waals surface area contributed by atoms with Crippen molar-refractivity contribution in [2.24, 2.45) is 5.41 Å². The molecule has 0 spiro atoms. The molecule has 1 fully saturated rings. The van der Waals surface area contributed by atoms with Crippen molar-refractivity contribution in [1.82, 2.24) is 0 Å². The van der Waals surface area contributed by atoms with Crippen LogP contribution in [0.1, 0.15) is 30.1 Å². The van der Waals surface area contributed by atoms with Gasteiger partial charge in [0.25, 0.3) is 0 Å². The van der Waals surface area contributed by atoms with Gasteiger partial charge in [-0.25, -0.2) is 4.79 Å². The van der Waals surface area contributed by atoms with E-state index in [4.69, 9.17) is 4.74 Å². The summed E-state index contributed by atoms with van der Waals surface area (Å²) in [6.07, 6.45) is 0.799. The Hall–Kier alpha value is -3.68. The number of amides is 3. The number of rotatable bonds is 6. The minimum Gasteiger partial charge on any atom is -0.465 e. The highest BCUT2D eigenvalue weighted by atomic mass is 16.5. The second-order valence-electron chi connectivity index (χ2n) is 6.79. The SMILES string of the molecule is COC(=O)c1ccccc1NC(=O)C1(C(=O)Nc2cccc(NC(C)=O)c2)CC1. The van der Waals surface area contributed by atoms with Crippen molar-refractivity contribution in [2.45, 2.75) is 19.8 Å². The van der Waals surface area contributed by atoms with Crippen LogP contribution in [0, 0.1) is 5.41 Å². The van der Waals surface area contributed by atoms with E-state index in [-0.39, 0.29) is 17.2 Å². The van der Waals surface area contributed by atoms with Crippen LogP contribution in [0.4, 0.5) is 17.1 Å². The molecule has 2 aromatic rings. The maximum Gasteiger partial charge on any atom is 0.339 e. The van der Waals surface area contributed by atoms with Crippen LogP contribution in [0.15, 0.2) is 48.5 Å². The molecule has 1 aliphatic rings. The minimum absolute atomic E-state index is 0.211. The van der Waals surface area contributed by atoms with Crippen LogP contribution in [-0.2, 0) is 19.1 Å². The average molecular weight is 395 g/mol. The third kappa shape index (κ3) is 4.43. The standard InChI is InChI=1S/C21H21N3O5/c1-13(25)22-14-6-5-7-15(12-14)23-19(27)21(10-11-21)20(28)24-17-9-4-3-8-16(17)18(26)29-2/h3-9,12H,10-11H2,1-2H3,(H,22,25)(H,23,27)(H,24,28). The zero-order chi connectivity index (χ0) is 21.0. The van der Waals surface area contributed by atoms with E-state index < -0.39 is 23.2 Å². The normalized spacial score (nSPS) is 13.7. The summed E-state index contributed by atoms with van der Waals surface area (Å²) in [7, 11) is 1.26. The molecular weight excluding hydrogens is 374 g/mol. The predicted octanol–water partition coefficient (Wildman–Crippen LogP) is 2.79. The molecule has 2 aromatic carbocycles. The van der Waals surface area contributed by atoms with Crippen molar-refractivity contribution in [3.05, 3.63) is 54.1 Å². The maximum absolute atomic E-state index is 12.8. The van der Waals surface area contributed by atoms with E-state index in [0.717, 1.165) is 0 Å². The molecule has 150 valence electrons. The number of benzene rings is 2. The molecule has 29 heavy (non-hydrogen) atoms. The number of hydrogen-bond acceptors (Lipinski definition) is 5. The summed E-state index contributed by atoms with van der Waals surface area (Å²) in [5.41, 5.74) is 0.304. The van der Waals surface area contributed by atoms with Crippen molar-refractivity contribution in [2.75, 3.05) is 23.1 Å². The van der Waals surface area contributed by atoms with Gasteiger partial charge in [0.05, 0.1) is 18.4 Å². The third-order valence-electron chi connectivity index (χ3n) is 4.64. The Bertz CT molecular complexity index is 982. The van der Waals surface area contributed by atoms with E-state index >= 15 is 0 Å². The van der Waals surface area contributed by atoms with Crippen molar-refractivity contribution in [3.63, 3.8) is 0 Å². The second-order valence-corrected chi connectivity index (χ2v) is 6.79. The zero-order valence-corrected chi connectivity index (χ0v) is 16.1. The van der Waals surface area contributed by atoms with Gasteiger partial charge in [0.1, 0.15) is 5.41 Å². The number of nitrogens with one attached hydrogen (secondary N) is 3. The number of para-hydroxylation sites is 1. The molecule has 8 nitrogen and oxygen atoms in total. The molecule has 1 aliphatic carbocycles. The predicted molar refractivity (Wildman–Crippen MR) is 107 cm³/mol. The van der Waals surface area contributed by atoms with Crippen molar-refractivity contribution in [3.8, 4) is 0 Å². The Kier molecular flexibility index (Phi) is 5.63. The summed E-state index contributed by atoms with van der Waals surface area (Å²) in [4.78, 5) is 48.7. The Balaban J connectivity index is 1.73. The van der Waals surface area contributed by atoms with Gasteiger partial charge in [-0.1, -0.05) is 18.2 Å². The van der Waals surface area contributed by atoms with Gasteiger partial charge >= 0.3 is 5.97 Å². The fraction of sp³-hybridized carbons (Fsp3) is 0.238. The van der Waals surface area contributed by atoms with Crippen LogP contribution in [-0.4, -0.2) is 30.8 Å². The lowest BCUT2D eigenvalue weighted by atomic mass is 10.0. The highest BCUT2D eigenvalue weighted by Crippen LogP contribution is 2.47. The summed E-state index contributed by atoms with van der Waals surface area (Å²) >= 11 is 0. The first-order chi connectivity index (χ1) is 13.9.